The second kappa shape index (κ2) is 5.51. The third-order valence-electron chi connectivity index (χ3n) is 3.40. The standard InChI is InChI=1S/C13H18N2O4S/c1-3-8-14-13(17)11-12(16)9-6-4-5-7-10(9)20(18,19)15(11)2/h4-7,11-12,16H,3,8H2,1-2H3,(H,14,17). The lowest BCUT2D eigenvalue weighted by Crippen LogP contribution is -2.53. The van der Waals surface area contributed by atoms with Crippen molar-refractivity contribution in [3.63, 3.8) is 0 Å². The zero-order valence-electron chi connectivity index (χ0n) is 11.4. The molecule has 6 nitrogen and oxygen atoms in total. The van der Waals surface area contributed by atoms with Crippen LogP contribution in [0, 0.1) is 0 Å². The van der Waals surface area contributed by atoms with E-state index >= 15 is 0 Å². The van der Waals surface area contributed by atoms with Gasteiger partial charge >= 0.3 is 0 Å². The molecule has 2 rings (SSSR count). The predicted molar refractivity (Wildman–Crippen MR) is 73.4 cm³/mol. The summed E-state index contributed by atoms with van der Waals surface area (Å²) in [5.74, 6) is -0.486. The minimum Gasteiger partial charge on any atom is -0.386 e. The van der Waals surface area contributed by atoms with Crippen LogP contribution in [0.15, 0.2) is 29.2 Å². The molecule has 0 radical (unpaired) electrons. The number of amides is 1. The summed E-state index contributed by atoms with van der Waals surface area (Å²) in [6.45, 7) is 2.34. The molecule has 0 saturated carbocycles. The van der Waals surface area contributed by atoms with E-state index in [4.69, 9.17) is 0 Å². The molecule has 7 heteroatoms. The molecule has 1 amide bonds. The number of likely N-dealkylation sites (N-methyl/N-ethyl adjacent to an activating group) is 1. The number of carbonyl (C=O) groups is 1. The van der Waals surface area contributed by atoms with E-state index in [9.17, 15) is 18.3 Å². The molecule has 0 spiro atoms. The van der Waals surface area contributed by atoms with Gasteiger partial charge in [-0.1, -0.05) is 25.1 Å². The Hall–Kier alpha value is -1.44. The second-order valence-corrected chi connectivity index (χ2v) is 6.71. The predicted octanol–water partition coefficient (Wildman–Crippen LogP) is 0.249. The quantitative estimate of drug-likeness (QED) is 0.837. The third kappa shape index (κ3) is 2.32. The maximum atomic E-state index is 12.4. The molecule has 0 aromatic heterocycles. The summed E-state index contributed by atoms with van der Waals surface area (Å²) < 4.78 is 25.7. The number of fused-ring (bicyclic) bond motifs is 1. The van der Waals surface area contributed by atoms with Crippen LogP contribution in [0.4, 0.5) is 0 Å². The summed E-state index contributed by atoms with van der Waals surface area (Å²) in [7, 11) is -2.45. The van der Waals surface area contributed by atoms with Gasteiger partial charge in [0.15, 0.2) is 0 Å². The summed E-state index contributed by atoms with van der Waals surface area (Å²) in [6, 6.07) is 5.06. The van der Waals surface area contributed by atoms with Crippen LogP contribution in [0.2, 0.25) is 0 Å². The first-order chi connectivity index (χ1) is 9.41. The maximum Gasteiger partial charge on any atom is 0.244 e. The van der Waals surface area contributed by atoms with E-state index in [1.165, 1.54) is 19.2 Å². The molecule has 2 unspecified atom stereocenters. The van der Waals surface area contributed by atoms with Gasteiger partial charge in [0.1, 0.15) is 12.1 Å². The number of aliphatic hydroxyl groups excluding tert-OH is 1. The molecule has 0 fully saturated rings. The smallest absolute Gasteiger partial charge is 0.244 e. The molecule has 1 aromatic carbocycles. The Morgan fingerprint density at radius 2 is 2.05 bits per heavy atom. The molecule has 2 N–H and O–H groups in total. The van der Waals surface area contributed by atoms with Crippen molar-refractivity contribution in [1.82, 2.24) is 9.62 Å². The number of hydrogen-bond acceptors (Lipinski definition) is 4. The minimum atomic E-state index is -3.76. The van der Waals surface area contributed by atoms with Crippen LogP contribution in [0.5, 0.6) is 0 Å². The Labute approximate surface area is 118 Å². The monoisotopic (exact) mass is 298 g/mol. The van der Waals surface area contributed by atoms with E-state index in [0.29, 0.717) is 6.54 Å². The lowest BCUT2D eigenvalue weighted by atomic mass is 10.0. The highest BCUT2D eigenvalue weighted by molar-refractivity contribution is 7.89. The van der Waals surface area contributed by atoms with Crippen LogP contribution >= 0.6 is 0 Å². The Kier molecular flexibility index (Phi) is 4.12. The van der Waals surface area contributed by atoms with Crippen molar-refractivity contribution in [2.45, 2.75) is 30.4 Å². The van der Waals surface area contributed by atoms with Gasteiger partial charge < -0.3 is 10.4 Å². The van der Waals surface area contributed by atoms with E-state index in [-0.39, 0.29) is 10.5 Å². The fraction of sp³-hybridized carbons (Fsp3) is 0.462. The third-order valence-corrected chi connectivity index (χ3v) is 5.32. The zero-order valence-corrected chi connectivity index (χ0v) is 12.2. The molecule has 1 aliphatic heterocycles. The first-order valence-corrected chi connectivity index (χ1v) is 7.88. The van der Waals surface area contributed by atoms with Gasteiger partial charge in [-0.15, -0.1) is 0 Å². The van der Waals surface area contributed by atoms with E-state index in [1.807, 2.05) is 6.92 Å². The molecule has 20 heavy (non-hydrogen) atoms. The van der Waals surface area contributed by atoms with E-state index < -0.39 is 28.1 Å². The zero-order chi connectivity index (χ0) is 14.9. The van der Waals surface area contributed by atoms with Crippen molar-refractivity contribution in [3.05, 3.63) is 29.8 Å². The van der Waals surface area contributed by atoms with Crippen LogP contribution in [0.25, 0.3) is 0 Å². The Balaban J connectivity index is 2.45. The van der Waals surface area contributed by atoms with Gasteiger partial charge in [-0.25, -0.2) is 8.42 Å². The van der Waals surface area contributed by atoms with Crippen molar-refractivity contribution < 1.29 is 18.3 Å². The SMILES string of the molecule is CCCNC(=O)C1C(O)c2ccccc2S(=O)(=O)N1C. The number of rotatable bonds is 3. The lowest BCUT2D eigenvalue weighted by Gasteiger charge is -2.35. The number of hydrogen-bond donors (Lipinski definition) is 2. The summed E-state index contributed by atoms with van der Waals surface area (Å²) >= 11 is 0. The first-order valence-electron chi connectivity index (χ1n) is 6.44. The molecule has 0 aliphatic carbocycles. The van der Waals surface area contributed by atoms with Crippen molar-refractivity contribution in [1.29, 1.82) is 0 Å². The van der Waals surface area contributed by atoms with E-state index in [1.54, 1.807) is 12.1 Å². The lowest BCUT2D eigenvalue weighted by molar-refractivity contribution is -0.128. The van der Waals surface area contributed by atoms with Crippen LogP contribution in [0.3, 0.4) is 0 Å². The van der Waals surface area contributed by atoms with Crippen molar-refractivity contribution in [2.24, 2.45) is 0 Å². The largest absolute Gasteiger partial charge is 0.386 e. The van der Waals surface area contributed by atoms with Crippen LogP contribution < -0.4 is 5.32 Å². The summed E-state index contributed by atoms with van der Waals surface area (Å²) in [6.07, 6.45) is -0.432. The number of aliphatic hydroxyl groups is 1. The highest BCUT2D eigenvalue weighted by Gasteiger charge is 2.44. The van der Waals surface area contributed by atoms with Crippen molar-refractivity contribution in [2.75, 3.05) is 13.6 Å². The van der Waals surface area contributed by atoms with Gasteiger partial charge in [-0.05, 0) is 12.5 Å². The molecule has 0 bridgehead atoms. The van der Waals surface area contributed by atoms with Gasteiger partial charge in [-0.3, -0.25) is 4.79 Å². The number of sulfonamides is 1. The highest BCUT2D eigenvalue weighted by atomic mass is 32.2. The van der Waals surface area contributed by atoms with Crippen LogP contribution in [-0.4, -0.2) is 43.4 Å². The Morgan fingerprint density at radius 3 is 2.70 bits per heavy atom. The van der Waals surface area contributed by atoms with E-state index in [2.05, 4.69) is 5.32 Å². The minimum absolute atomic E-state index is 0.0505. The fourth-order valence-electron chi connectivity index (χ4n) is 2.29. The first kappa shape index (κ1) is 15.0. The highest BCUT2D eigenvalue weighted by Crippen LogP contribution is 2.35. The normalized spacial score (nSPS) is 24.9. The average molecular weight is 298 g/mol. The topological polar surface area (TPSA) is 86.7 Å². The van der Waals surface area contributed by atoms with Gasteiger partial charge in [0, 0.05) is 19.2 Å². The van der Waals surface area contributed by atoms with Crippen LogP contribution in [0.1, 0.15) is 25.0 Å². The fourth-order valence-corrected chi connectivity index (χ4v) is 3.85. The number of benzene rings is 1. The van der Waals surface area contributed by atoms with E-state index in [0.717, 1.165) is 10.7 Å². The summed E-state index contributed by atoms with van der Waals surface area (Å²) in [5, 5.41) is 13.0. The Morgan fingerprint density at radius 1 is 1.40 bits per heavy atom. The maximum absolute atomic E-state index is 12.4. The molecule has 1 heterocycles. The summed E-state index contributed by atoms with van der Waals surface area (Å²) in [4.78, 5) is 12.1. The van der Waals surface area contributed by atoms with Crippen molar-refractivity contribution >= 4 is 15.9 Å². The molecule has 1 aliphatic rings. The molecule has 1 aromatic rings. The Bertz CT molecular complexity index is 615. The number of nitrogens with zero attached hydrogens (tertiary/aromatic N) is 1. The average Bonchev–Trinajstić information content (AvgIpc) is 2.43. The molecule has 110 valence electrons. The van der Waals surface area contributed by atoms with Crippen LogP contribution in [-0.2, 0) is 14.8 Å². The van der Waals surface area contributed by atoms with Gasteiger partial charge in [0.2, 0.25) is 15.9 Å². The molecule has 2 atom stereocenters. The van der Waals surface area contributed by atoms with Gasteiger partial charge in [0.25, 0.3) is 0 Å². The van der Waals surface area contributed by atoms with Crippen molar-refractivity contribution in [3.8, 4) is 0 Å². The molecule has 0 saturated heterocycles. The summed E-state index contributed by atoms with van der Waals surface area (Å²) in [5.41, 5.74) is 0.266. The second-order valence-electron chi connectivity index (χ2n) is 4.74. The number of nitrogens with one attached hydrogen (secondary N) is 1. The van der Waals surface area contributed by atoms with Gasteiger partial charge in [-0.2, -0.15) is 4.31 Å². The molecular formula is C13H18N2O4S. The van der Waals surface area contributed by atoms with Gasteiger partial charge in [0.05, 0.1) is 4.90 Å². The number of carbonyl (C=O) groups excluding carboxylic acids is 1. The molecular weight excluding hydrogens is 280 g/mol.